The topological polar surface area (TPSA) is 71.5 Å². The van der Waals surface area contributed by atoms with Crippen molar-refractivity contribution in [3.05, 3.63) is 47.3 Å². The molecule has 0 unspecified atom stereocenters. The number of ether oxygens (including phenoxy) is 3. The minimum absolute atomic E-state index is 0. The van der Waals surface area contributed by atoms with Crippen molar-refractivity contribution in [2.45, 2.75) is 20.0 Å². The van der Waals surface area contributed by atoms with Gasteiger partial charge in [0, 0.05) is 46.0 Å². The van der Waals surface area contributed by atoms with Crippen LogP contribution in [-0.4, -0.2) is 75.3 Å². The number of aromatic nitrogens is 1. The standard InChI is InChI=1S/C23H33N5O3.HI/c1-17-7-6-8-25-19(17)15-26-23(24-2)28-11-9-27(10-12-28)16-18-13-20(29-3)22(31-5)21(14-18)30-4;/h6-8,13-14H,9-12,15-16H2,1-5H3,(H,24,26);1H. The maximum Gasteiger partial charge on any atom is 0.203 e. The number of pyridine rings is 1. The highest BCUT2D eigenvalue weighted by atomic mass is 127. The number of hydrogen-bond donors (Lipinski definition) is 1. The highest BCUT2D eigenvalue weighted by Gasteiger charge is 2.21. The quantitative estimate of drug-likeness (QED) is 0.320. The lowest BCUT2D eigenvalue weighted by Gasteiger charge is -2.36. The molecular formula is C23H34IN5O3. The Labute approximate surface area is 208 Å². The van der Waals surface area contributed by atoms with Crippen LogP contribution in [0.5, 0.6) is 17.2 Å². The fourth-order valence-electron chi connectivity index (χ4n) is 3.80. The molecule has 0 amide bonds. The first-order valence-electron chi connectivity index (χ1n) is 10.5. The Morgan fingerprint density at radius 3 is 2.25 bits per heavy atom. The van der Waals surface area contributed by atoms with Gasteiger partial charge >= 0.3 is 0 Å². The fourth-order valence-corrected chi connectivity index (χ4v) is 3.80. The van der Waals surface area contributed by atoms with Gasteiger partial charge in [-0.1, -0.05) is 6.07 Å². The van der Waals surface area contributed by atoms with Gasteiger partial charge < -0.3 is 24.4 Å². The minimum atomic E-state index is 0. The third-order valence-electron chi connectivity index (χ3n) is 5.55. The molecule has 1 N–H and O–H groups in total. The number of methoxy groups -OCH3 is 3. The number of halogens is 1. The first-order valence-corrected chi connectivity index (χ1v) is 10.5. The van der Waals surface area contributed by atoms with Gasteiger partial charge in [0.05, 0.1) is 33.6 Å². The van der Waals surface area contributed by atoms with Gasteiger partial charge in [0.15, 0.2) is 17.5 Å². The molecule has 0 bridgehead atoms. The molecule has 0 spiro atoms. The molecule has 0 atom stereocenters. The fraction of sp³-hybridized carbons (Fsp3) is 0.478. The van der Waals surface area contributed by atoms with Crippen molar-refractivity contribution < 1.29 is 14.2 Å². The van der Waals surface area contributed by atoms with E-state index in [0.29, 0.717) is 23.8 Å². The first-order chi connectivity index (χ1) is 15.1. The van der Waals surface area contributed by atoms with Gasteiger partial charge in [0.25, 0.3) is 0 Å². The van der Waals surface area contributed by atoms with E-state index >= 15 is 0 Å². The van der Waals surface area contributed by atoms with Crippen LogP contribution in [0.1, 0.15) is 16.8 Å². The van der Waals surface area contributed by atoms with Crippen molar-refractivity contribution in [2.24, 2.45) is 4.99 Å². The van der Waals surface area contributed by atoms with E-state index in [0.717, 1.165) is 49.9 Å². The predicted molar refractivity (Wildman–Crippen MR) is 138 cm³/mol. The molecule has 8 nitrogen and oxygen atoms in total. The molecule has 1 saturated heterocycles. The van der Waals surface area contributed by atoms with Crippen LogP contribution in [-0.2, 0) is 13.1 Å². The van der Waals surface area contributed by atoms with Gasteiger partial charge in [-0.15, -0.1) is 24.0 Å². The average Bonchev–Trinajstić information content (AvgIpc) is 2.80. The predicted octanol–water partition coefficient (Wildman–Crippen LogP) is 2.93. The van der Waals surface area contributed by atoms with Gasteiger partial charge in [0.1, 0.15) is 0 Å². The molecule has 32 heavy (non-hydrogen) atoms. The number of aryl methyl sites for hydroxylation is 1. The number of rotatable bonds is 7. The van der Waals surface area contributed by atoms with Crippen LogP contribution in [0.15, 0.2) is 35.5 Å². The van der Waals surface area contributed by atoms with E-state index < -0.39 is 0 Å². The van der Waals surface area contributed by atoms with Crippen molar-refractivity contribution in [1.29, 1.82) is 0 Å². The third kappa shape index (κ3) is 6.38. The molecule has 1 aliphatic rings. The van der Waals surface area contributed by atoms with Crippen LogP contribution in [0.25, 0.3) is 0 Å². The molecule has 0 radical (unpaired) electrons. The van der Waals surface area contributed by atoms with Crippen LogP contribution in [0.2, 0.25) is 0 Å². The minimum Gasteiger partial charge on any atom is -0.493 e. The molecule has 1 aromatic carbocycles. The van der Waals surface area contributed by atoms with Gasteiger partial charge in [-0.3, -0.25) is 14.9 Å². The van der Waals surface area contributed by atoms with Crippen LogP contribution in [0.4, 0.5) is 0 Å². The molecule has 0 aliphatic carbocycles. The van der Waals surface area contributed by atoms with Gasteiger partial charge in [-0.05, 0) is 36.2 Å². The normalized spacial score (nSPS) is 14.5. The summed E-state index contributed by atoms with van der Waals surface area (Å²) in [5.41, 5.74) is 3.36. The number of aliphatic imine (C=N–C) groups is 1. The van der Waals surface area contributed by atoms with Crippen LogP contribution >= 0.6 is 24.0 Å². The Bertz CT molecular complexity index is 876. The number of nitrogens with zero attached hydrogens (tertiary/aromatic N) is 4. The smallest absolute Gasteiger partial charge is 0.203 e. The molecular weight excluding hydrogens is 521 g/mol. The van der Waals surface area contributed by atoms with E-state index in [9.17, 15) is 0 Å². The molecule has 9 heteroatoms. The van der Waals surface area contributed by atoms with Crippen molar-refractivity contribution >= 4 is 29.9 Å². The molecule has 0 saturated carbocycles. The van der Waals surface area contributed by atoms with Crippen molar-refractivity contribution in [1.82, 2.24) is 20.1 Å². The number of piperazine rings is 1. The van der Waals surface area contributed by atoms with Crippen LogP contribution < -0.4 is 19.5 Å². The summed E-state index contributed by atoms with van der Waals surface area (Å²) < 4.78 is 16.4. The highest BCUT2D eigenvalue weighted by molar-refractivity contribution is 14.0. The Balaban J connectivity index is 0.00000363. The second-order valence-corrected chi connectivity index (χ2v) is 7.46. The Morgan fingerprint density at radius 2 is 1.72 bits per heavy atom. The number of guanidine groups is 1. The zero-order chi connectivity index (χ0) is 22.2. The summed E-state index contributed by atoms with van der Waals surface area (Å²) in [6.07, 6.45) is 1.83. The molecule has 1 aliphatic heterocycles. The summed E-state index contributed by atoms with van der Waals surface area (Å²) in [5.74, 6) is 2.91. The van der Waals surface area contributed by atoms with E-state index in [1.54, 1.807) is 21.3 Å². The molecule has 1 fully saturated rings. The second-order valence-electron chi connectivity index (χ2n) is 7.46. The lowest BCUT2D eigenvalue weighted by atomic mass is 10.1. The maximum atomic E-state index is 5.48. The second kappa shape index (κ2) is 12.7. The summed E-state index contributed by atoms with van der Waals surface area (Å²) >= 11 is 0. The van der Waals surface area contributed by atoms with Gasteiger partial charge in [-0.2, -0.15) is 0 Å². The number of nitrogens with one attached hydrogen (secondary N) is 1. The van der Waals surface area contributed by atoms with Gasteiger partial charge in [0.2, 0.25) is 5.75 Å². The van der Waals surface area contributed by atoms with Crippen LogP contribution in [0, 0.1) is 6.92 Å². The zero-order valence-electron chi connectivity index (χ0n) is 19.6. The van der Waals surface area contributed by atoms with E-state index in [2.05, 4.69) is 38.1 Å². The Hall–Kier alpha value is -2.27. The van der Waals surface area contributed by atoms with Gasteiger partial charge in [-0.25, -0.2) is 0 Å². The third-order valence-corrected chi connectivity index (χ3v) is 5.55. The summed E-state index contributed by atoms with van der Waals surface area (Å²) in [6, 6.07) is 8.07. The first kappa shape index (κ1) is 26.0. The maximum absolute atomic E-state index is 5.48. The number of benzene rings is 1. The van der Waals surface area contributed by atoms with Crippen molar-refractivity contribution in [2.75, 3.05) is 54.6 Å². The zero-order valence-corrected chi connectivity index (χ0v) is 21.9. The lowest BCUT2D eigenvalue weighted by molar-refractivity contribution is 0.172. The van der Waals surface area contributed by atoms with Crippen LogP contribution in [0.3, 0.4) is 0 Å². The molecule has 1 aromatic heterocycles. The summed E-state index contributed by atoms with van der Waals surface area (Å²) in [5, 5.41) is 3.45. The summed E-state index contributed by atoms with van der Waals surface area (Å²) in [4.78, 5) is 13.6. The summed E-state index contributed by atoms with van der Waals surface area (Å²) in [6.45, 7) is 7.28. The molecule has 3 rings (SSSR count). The number of hydrogen-bond acceptors (Lipinski definition) is 6. The molecule has 2 heterocycles. The SMILES string of the molecule is CN=C(NCc1ncccc1C)N1CCN(Cc2cc(OC)c(OC)c(OC)c2)CC1.I. The molecule has 2 aromatic rings. The van der Waals surface area contributed by atoms with Crippen molar-refractivity contribution in [3.8, 4) is 17.2 Å². The molecule has 176 valence electrons. The Kier molecular flexibility index (Phi) is 10.3. The van der Waals surface area contributed by atoms with E-state index in [1.807, 2.05) is 31.4 Å². The largest absolute Gasteiger partial charge is 0.493 e. The van der Waals surface area contributed by atoms with Crippen molar-refractivity contribution in [3.63, 3.8) is 0 Å². The van der Waals surface area contributed by atoms with E-state index in [4.69, 9.17) is 14.2 Å². The lowest BCUT2D eigenvalue weighted by Crippen LogP contribution is -2.52. The van der Waals surface area contributed by atoms with E-state index in [1.165, 1.54) is 5.56 Å². The summed E-state index contributed by atoms with van der Waals surface area (Å²) in [7, 11) is 6.74. The average molecular weight is 555 g/mol. The van der Waals surface area contributed by atoms with E-state index in [-0.39, 0.29) is 24.0 Å². The Morgan fingerprint density at radius 1 is 1.06 bits per heavy atom. The monoisotopic (exact) mass is 555 g/mol. The highest BCUT2D eigenvalue weighted by Crippen LogP contribution is 2.38.